The third kappa shape index (κ3) is 10.1. The Kier molecular flexibility index (Phi) is 13.5. The van der Waals surface area contributed by atoms with E-state index in [0.717, 1.165) is 131 Å². The Morgan fingerprint density at radius 3 is 1.68 bits per heavy atom. The Balaban J connectivity index is 0.000000164. The highest BCUT2D eigenvalue weighted by Crippen LogP contribution is 2.53. The van der Waals surface area contributed by atoms with Gasteiger partial charge >= 0.3 is 0 Å². The number of nitrogen functional groups attached to an aromatic ring is 1. The van der Waals surface area contributed by atoms with E-state index in [9.17, 15) is 14.9 Å². The first kappa shape index (κ1) is 50.8. The van der Waals surface area contributed by atoms with E-state index >= 15 is 0 Å². The number of nitrogens with zero attached hydrogens (tertiary/aromatic N) is 12. The van der Waals surface area contributed by atoms with Gasteiger partial charge in [-0.25, -0.2) is 19.9 Å². The van der Waals surface area contributed by atoms with Gasteiger partial charge in [-0.1, -0.05) is 12.1 Å². The Morgan fingerprint density at radius 1 is 0.671 bits per heavy atom. The Hall–Kier alpha value is -9.04. The number of ether oxygens (including phenoxy) is 2. The van der Waals surface area contributed by atoms with Crippen LogP contribution in [0.25, 0.3) is 0 Å². The summed E-state index contributed by atoms with van der Waals surface area (Å²) in [4.78, 5) is 49.1. The van der Waals surface area contributed by atoms with Crippen molar-refractivity contribution in [1.82, 2.24) is 50.1 Å². The van der Waals surface area contributed by atoms with Crippen molar-refractivity contribution in [3.05, 3.63) is 153 Å². The number of aryl methyl sites for hydroxylation is 2. The largest absolute Gasteiger partial charge is 0.497 e. The molecule has 8 atom stereocenters. The molecule has 20 nitrogen and oxygen atoms in total. The van der Waals surface area contributed by atoms with Crippen LogP contribution in [0.3, 0.4) is 0 Å². The summed E-state index contributed by atoms with van der Waals surface area (Å²) < 4.78 is 14.4. The molecule has 79 heavy (non-hydrogen) atoms. The minimum atomic E-state index is -0.151. The van der Waals surface area contributed by atoms with Crippen LogP contribution in [0.5, 0.6) is 11.5 Å². The fraction of sp³-hybridized carbons (Fsp3) is 0.390. The van der Waals surface area contributed by atoms with Crippen LogP contribution in [0.1, 0.15) is 96.0 Å². The maximum atomic E-state index is 13.3. The summed E-state index contributed by atoms with van der Waals surface area (Å²) in [5.41, 5.74) is 16.3. The zero-order valence-corrected chi connectivity index (χ0v) is 44.6. The molecule has 0 radical (unpaired) electrons. The summed E-state index contributed by atoms with van der Waals surface area (Å²) in [6.45, 7) is 9.28. The Bertz CT molecular complexity index is 3560. The number of nitrogens with one attached hydrogen (secondary N) is 3. The molecule has 402 valence electrons. The molecule has 1 aromatic carbocycles. The van der Waals surface area contributed by atoms with Gasteiger partial charge in [-0.05, 0) is 133 Å². The molecule has 7 aromatic rings. The molecule has 0 spiro atoms. The molecule has 8 heterocycles. The fourth-order valence-electron chi connectivity index (χ4n) is 12.4. The topological polar surface area (TPSA) is 256 Å². The first-order valence-corrected chi connectivity index (χ1v) is 27.0. The minimum absolute atomic E-state index is 0.0600. The molecule has 4 fully saturated rings. The molecule has 6 aromatic heterocycles. The maximum absolute atomic E-state index is 13.3. The van der Waals surface area contributed by atoms with Gasteiger partial charge < -0.3 is 41.0 Å². The number of carbonyl (C=O) groups is 2. The summed E-state index contributed by atoms with van der Waals surface area (Å²) in [5, 5.41) is 37.0. The van der Waals surface area contributed by atoms with E-state index in [1.165, 1.54) is 0 Å². The lowest BCUT2D eigenvalue weighted by Crippen LogP contribution is -2.26. The molecule has 5 N–H and O–H groups in total. The third-order valence-corrected chi connectivity index (χ3v) is 17.0. The number of rotatable bonds is 15. The lowest BCUT2D eigenvalue weighted by atomic mass is 10.1. The summed E-state index contributed by atoms with van der Waals surface area (Å²) in [7, 11) is 3.28. The highest BCUT2D eigenvalue weighted by atomic mass is 16.5. The SMILES string of the molecule is COc1ccc(CNc2nccc3c2CC[C@H]3NC(=O)c2cnn(Cc3ccc(N4C[C@@H]5C(C#N)[C@@H]5C4)nc3C)c2)c(OC)c1.Cc1nc(N2C[C@@H]3C(C#N)[C@@H]3C2)ccc1Cn1cc(C(=O)N[C@@H]2CCc3c2ccnc3N)cn1. The summed E-state index contributed by atoms with van der Waals surface area (Å²) in [6, 6.07) is 22.6. The molecular formula is C59H62N16O4. The summed E-state index contributed by atoms with van der Waals surface area (Å²) in [5.74, 6) is 6.95. The Labute approximate surface area is 458 Å². The first-order chi connectivity index (χ1) is 38.5. The zero-order valence-electron chi connectivity index (χ0n) is 44.6. The summed E-state index contributed by atoms with van der Waals surface area (Å²) >= 11 is 0. The zero-order chi connectivity index (χ0) is 54.5. The predicted octanol–water partition coefficient (Wildman–Crippen LogP) is 6.52. The number of nitrogens with two attached hydrogens (primary N) is 1. The van der Waals surface area contributed by atoms with Gasteiger partial charge in [0.1, 0.15) is 34.8 Å². The maximum Gasteiger partial charge on any atom is 0.254 e. The van der Waals surface area contributed by atoms with E-state index in [1.54, 1.807) is 60.8 Å². The van der Waals surface area contributed by atoms with Crippen LogP contribution in [-0.4, -0.2) is 91.7 Å². The monoisotopic (exact) mass is 1060 g/mol. The normalized spacial score (nSPS) is 22.5. The standard InChI is InChI=1S/C34H36N8O3.C25H26N8O/c1-20-22(5-9-32(39-20)41-18-28-27(13-35)29(28)19-41)16-42-17-23(15-38-42)34(43)40-30-8-7-26-25(30)10-11-36-33(26)37-14-21-4-6-24(44-2)12-31(21)45-3;1-14-15(2-5-23(30-14)32-12-20-19(8-26)21(20)13-32)10-33-11-16(9-29-33)25(34)31-22-4-3-18-17(22)6-7-28-24(18)27/h4-6,9-12,15,17,27-30H,7-8,14,16,18-19H2,1-3H3,(H,36,37)(H,40,43);2,5-7,9,11,19-22H,3-4,10,12-13H2,1H3,(H2,27,28)(H,31,34)/t27?,28-,29+,30-;19?,20-,21+,22-/m11/s1. The van der Waals surface area contributed by atoms with Crippen LogP contribution >= 0.6 is 0 Å². The minimum Gasteiger partial charge on any atom is -0.497 e. The van der Waals surface area contributed by atoms with Gasteiger partial charge in [0, 0.05) is 80.5 Å². The molecule has 2 unspecified atom stereocenters. The number of carbonyl (C=O) groups excluding carboxylic acids is 2. The Morgan fingerprint density at radius 2 is 1.18 bits per heavy atom. The molecule has 2 saturated carbocycles. The number of pyridine rings is 4. The average Bonchev–Trinajstić information content (AvgIpc) is 4.29. The summed E-state index contributed by atoms with van der Waals surface area (Å²) in [6.07, 6.45) is 13.5. The number of piperidine rings is 2. The number of aromatic nitrogens is 8. The van der Waals surface area contributed by atoms with Crippen molar-refractivity contribution in [3.63, 3.8) is 0 Å². The number of fused-ring (bicyclic) bond motifs is 4. The number of anilines is 4. The van der Waals surface area contributed by atoms with Gasteiger partial charge in [0.05, 0.1) is 86.9 Å². The number of amides is 2. The quantitative estimate of drug-likeness (QED) is 0.0853. The highest BCUT2D eigenvalue weighted by molar-refractivity contribution is 5.94. The van der Waals surface area contributed by atoms with Crippen LogP contribution in [0, 0.1) is 72.0 Å². The molecule has 2 amide bonds. The van der Waals surface area contributed by atoms with E-state index in [0.29, 0.717) is 60.3 Å². The highest BCUT2D eigenvalue weighted by Gasteiger charge is 2.57. The van der Waals surface area contributed by atoms with Crippen molar-refractivity contribution in [2.45, 2.75) is 71.2 Å². The second kappa shape index (κ2) is 21.1. The van der Waals surface area contributed by atoms with Gasteiger partial charge in [-0.2, -0.15) is 20.7 Å². The van der Waals surface area contributed by atoms with Gasteiger partial charge in [0.25, 0.3) is 11.8 Å². The van der Waals surface area contributed by atoms with Crippen LogP contribution in [0.4, 0.5) is 23.3 Å². The lowest BCUT2D eigenvalue weighted by molar-refractivity contribution is 0.0928. The first-order valence-electron chi connectivity index (χ1n) is 27.0. The van der Waals surface area contributed by atoms with Crippen LogP contribution in [-0.2, 0) is 32.5 Å². The van der Waals surface area contributed by atoms with Crippen molar-refractivity contribution < 1.29 is 19.1 Å². The third-order valence-electron chi connectivity index (χ3n) is 17.0. The van der Waals surface area contributed by atoms with E-state index < -0.39 is 0 Å². The number of hydrogen-bond acceptors (Lipinski definition) is 16. The van der Waals surface area contributed by atoms with Gasteiger partial charge in [0.15, 0.2) is 0 Å². The van der Waals surface area contributed by atoms with Crippen LogP contribution in [0.15, 0.2) is 91.8 Å². The molecule has 6 aliphatic rings. The van der Waals surface area contributed by atoms with Gasteiger partial charge in [0.2, 0.25) is 0 Å². The van der Waals surface area contributed by atoms with Gasteiger partial charge in [-0.3, -0.25) is 19.0 Å². The molecular weight excluding hydrogens is 997 g/mol. The number of nitriles is 2. The van der Waals surface area contributed by atoms with Gasteiger partial charge in [-0.15, -0.1) is 0 Å². The van der Waals surface area contributed by atoms with Crippen LogP contribution < -0.4 is 41.0 Å². The molecule has 2 saturated heterocycles. The molecule has 0 bridgehead atoms. The van der Waals surface area contributed by atoms with Crippen molar-refractivity contribution in [1.29, 1.82) is 10.5 Å². The molecule has 13 rings (SSSR count). The van der Waals surface area contributed by atoms with Crippen molar-refractivity contribution in [2.75, 3.05) is 61.2 Å². The van der Waals surface area contributed by atoms with Crippen molar-refractivity contribution in [3.8, 4) is 23.6 Å². The molecule has 4 aliphatic carbocycles. The second-order valence-electron chi connectivity index (χ2n) is 21.6. The molecule has 2 aliphatic heterocycles. The second-order valence-corrected chi connectivity index (χ2v) is 21.6. The van der Waals surface area contributed by atoms with E-state index in [2.05, 4.69) is 76.3 Å². The number of hydrogen-bond donors (Lipinski definition) is 4. The number of benzene rings is 1. The number of methoxy groups -OCH3 is 2. The fourth-order valence-corrected chi connectivity index (χ4v) is 12.4. The molecule has 20 heteroatoms. The van der Waals surface area contributed by atoms with Crippen LogP contribution in [0.2, 0.25) is 0 Å². The van der Waals surface area contributed by atoms with Crippen molar-refractivity contribution in [2.24, 2.45) is 35.5 Å². The average molecular weight is 1060 g/mol. The van der Waals surface area contributed by atoms with Crippen molar-refractivity contribution >= 4 is 35.1 Å². The van der Waals surface area contributed by atoms with E-state index in [-0.39, 0.29) is 35.7 Å². The van der Waals surface area contributed by atoms with E-state index in [4.69, 9.17) is 30.4 Å². The van der Waals surface area contributed by atoms with E-state index in [1.807, 2.05) is 50.2 Å². The predicted molar refractivity (Wildman–Crippen MR) is 294 cm³/mol. The lowest BCUT2D eigenvalue weighted by Gasteiger charge is -2.21. The smallest absolute Gasteiger partial charge is 0.254 e.